The number of carbonyl (C=O) groups excluding carboxylic acids is 1. The molecule has 1 saturated carbocycles. The summed E-state index contributed by atoms with van der Waals surface area (Å²) in [4.78, 5) is 23.7. The van der Waals surface area contributed by atoms with Crippen LogP contribution < -0.4 is 5.32 Å². The molecule has 2 atom stereocenters. The zero-order chi connectivity index (χ0) is 31.3. The Labute approximate surface area is 241 Å². The molecule has 3 aromatic rings. The molecule has 1 saturated heterocycles. The minimum absolute atomic E-state index is 0.0580. The number of benzene rings is 1. The first kappa shape index (κ1) is 30.8. The van der Waals surface area contributed by atoms with Crippen LogP contribution in [-0.4, -0.2) is 45.7 Å². The van der Waals surface area contributed by atoms with Crippen LogP contribution in [0.4, 0.5) is 30.7 Å². The first-order chi connectivity index (χ1) is 20.1. The molecule has 1 aliphatic heterocycles. The number of rotatable bonds is 7. The second-order valence-corrected chi connectivity index (χ2v) is 12.3. The summed E-state index contributed by atoms with van der Waals surface area (Å²) in [7, 11) is -4.26. The van der Waals surface area contributed by atoms with Crippen LogP contribution in [0.3, 0.4) is 0 Å². The molecular weight excluding hydrogens is 607 g/mol. The summed E-state index contributed by atoms with van der Waals surface area (Å²) in [5.41, 5.74) is -1.93. The molecule has 43 heavy (non-hydrogen) atoms. The molecule has 0 bridgehead atoms. The van der Waals surface area contributed by atoms with E-state index in [1.807, 2.05) is 0 Å². The summed E-state index contributed by atoms with van der Waals surface area (Å²) in [6.07, 6.45) is -6.85. The highest BCUT2D eigenvalue weighted by molar-refractivity contribution is 7.89. The van der Waals surface area contributed by atoms with E-state index in [4.69, 9.17) is 0 Å². The average Bonchev–Trinajstić information content (AvgIpc) is 3.71. The zero-order valence-electron chi connectivity index (χ0n) is 22.4. The smallest absolute Gasteiger partial charge is 0.351 e. The van der Waals surface area contributed by atoms with Gasteiger partial charge in [-0.05, 0) is 68.5 Å². The first-order valence-corrected chi connectivity index (χ1v) is 14.6. The molecule has 0 radical (unpaired) electrons. The fourth-order valence-corrected chi connectivity index (χ4v) is 6.97. The second-order valence-electron chi connectivity index (χ2n) is 10.4. The van der Waals surface area contributed by atoms with Crippen LogP contribution >= 0.6 is 0 Å². The fraction of sp³-hybridized carbons (Fsp3) is 0.407. The molecule has 3 heterocycles. The Kier molecular flexibility index (Phi) is 7.96. The number of halogens is 7. The van der Waals surface area contributed by atoms with E-state index in [1.165, 1.54) is 0 Å². The minimum atomic E-state index is -4.88. The Morgan fingerprint density at radius 2 is 1.60 bits per heavy atom. The van der Waals surface area contributed by atoms with E-state index in [0.29, 0.717) is 19.3 Å². The van der Waals surface area contributed by atoms with Crippen LogP contribution in [0.5, 0.6) is 0 Å². The van der Waals surface area contributed by atoms with Gasteiger partial charge in [0, 0.05) is 36.5 Å². The maximum Gasteiger partial charge on any atom is 0.451 e. The van der Waals surface area contributed by atoms with E-state index in [9.17, 15) is 43.9 Å². The molecule has 230 valence electrons. The van der Waals surface area contributed by atoms with E-state index < -0.39 is 75.6 Å². The van der Waals surface area contributed by atoms with Gasteiger partial charge in [-0.3, -0.25) is 9.78 Å². The highest BCUT2D eigenvalue weighted by atomic mass is 32.2. The third kappa shape index (κ3) is 6.34. The topological polar surface area (TPSA) is 105 Å². The maximum atomic E-state index is 14.3. The number of hydrogen-bond acceptors (Lipinski definition) is 6. The quantitative estimate of drug-likeness (QED) is 0.348. The van der Waals surface area contributed by atoms with Crippen molar-refractivity contribution in [1.82, 2.24) is 24.6 Å². The minimum Gasteiger partial charge on any atom is -0.351 e. The first-order valence-electron chi connectivity index (χ1n) is 13.1. The van der Waals surface area contributed by atoms with Gasteiger partial charge < -0.3 is 5.32 Å². The predicted molar refractivity (Wildman–Crippen MR) is 137 cm³/mol. The number of nitrogens with one attached hydrogen (secondary N) is 1. The number of hydrogen-bond donors (Lipinski definition) is 1. The van der Waals surface area contributed by atoms with Crippen LogP contribution in [0, 0.1) is 5.82 Å². The number of carbonyl (C=O) groups is 1. The van der Waals surface area contributed by atoms with Crippen molar-refractivity contribution < 1.29 is 43.9 Å². The van der Waals surface area contributed by atoms with Gasteiger partial charge in [-0.1, -0.05) is 0 Å². The largest absolute Gasteiger partial charge is 0.451 e. The van der Waals surface area contributed by atoms with Gasteiger partial charge in [0.05, 0.1) is 21.8 Å². The van der Waals surface area contributed by atoms with Gasteiger partial charge in [0.25, 0.3) is 0 Å². The molecule has 1 aliphatic carbocycles. The molecular formula is C27H24F7N5O3S. The number of amides is 1. The normalized spacial score (nSPS) is 19.9. The molecule has 2 fully saturated rings. The standard InChI is InChI=1S/C27H24F7N5O3S/c1-14-2-9-21(39(14)43(41,42)19-7-5-18(28)6-8-19)24(40)35-11-16-10-20(17-12-36-25(37-13-17)27(32,33)34)38-23(15-3-4-15)22(16)26(29,30)31/h5-8,10,12-15,21H,2-4,9,11H2,1H3,(H,35,40)/t14-,21-/m0/s1. The Hall–Kier alpha value is -3.66. The Balaban J connectivity index is 1.46. The number of nitrogens with zero attached hydrogens (tertiary/aromatic N) is 4. The molecule has 2 aliphatic rings. The van der Waals surface area contributed by atoms with E-state index in [-0.39, 0.29) is 28.3 Å². The van der Waals surface area contributed by atoms with E-state index in [1.54, 1.807) is 6.92 Å². The van der Waals surface area contributed by atoms with Crippen molar-refractivity contribution in [1.29, 1.82) is 0 Å². The van der Waals surface area contributed by atoms with Crippen molar-refractivity contribution in [3.8, 4) is 11.3 Å². The summed E-state index contributed by atoms with van der Waals surface area (Å²) in [5, 5.41) is 2.42. The number of aromatic nitrogens is 3. The third-order valence-electron chi connectivity index (χ3n) is 7.32. The summed E-state index contributed by atoms with van der Waals surface area (Å²) in [6.45, 7) is 0.916. The van der Waals surface area contributed by atoms with Gasteiger partial charge >= 0.3 is 12.4 Å². The molecule has 2 aromatic heterocycles. The number of pyridine rings is 1. The molecule has 0 unspecified atom stereocenters. The van der Waals surface area contributed by atoms with Crippen LogP contribution in [0.2, 0.25) is 0 Å². The van der Waals surface area contributed by atoms with Crippen LogP contribution in [0.15, 0.2) is 47.6 Å². The van der Waals surface area contributed by atoms with Gasteiger partial charge in [-0.25, -0.2) is 22.8 Å². The lowest BCUT2D eigenvalue weighted by molar-refractivity contribution is -0.145. The van der Waals surface area contributed by atoms with Crippen LogP contribution in [0.1, 0.15) is 61.2 Å². The molecule has 1 N–H and O–H groups in total. The van der Waals surface area contributed by atoms with Crippen molar-refractivity contribution in [2.75, 3.05) is 0 Å². The lowest BCUT2D eigenvalue weighted by Crippen LogP contribution is -2.48. The van der Waals surface area contributed by atoms with E-state index in [0.717, 1.165) is 47.0 Å². The third-order valence-corrected chi connectivity index (χ3v) is 9.36. The van der Waals surface area contributed by atoms with Gasteiger partial charge in [-0.15, -0.1) is 0 Å². The molecule has 1 amide bonds. The lowest BCUT2D eigenvalue weighted by atomic mass is 9.99. The maximum absolute atomic E-state index is 14.3. The Morgan fingerprint density at radius 3 is 2.16 bits per heavy atom. The van der Waals surface area contributed by atoms with Crippen molar-refractivity contribution in [2.45, 2.75) is 74.4 Å². The average molecular weight is 632 g/mol. The number of alkyl halides is 6. The summed E-state index contributed by atoms with van der Waals surface area (Å²) in [6, 6.07) is 3.18. The lowest BCUT2D eigenvalue weighted by Gasteiger charge is -2.27. The monoisotopic (exact) mass is 631 g/mol. The SMILES string of the molecule is C[C@H]1CC[C@@H](C(=O)NCc2cc(-c3cnc(C(F)(F)F)nc3)nc(C3CC3)c2C(F)(F)F)N1S(=O)(=O)c1ccc(F)cc1. The van der Waals surface area contributed by atoms with Crippen LogP contribution in [0.25, 0.3) is 11.3 Å². The Morgan fingerprint density at radius 1 is 0.977 bits per heavy atom. The molecule has 8 nitrogen and oxygen atoms in total. The highest BCUT2D eigenvalue weighted by Gasteiger charge is 2.45. The van der Waals surface area contributed by atoms with Gasteiger partial charge in [0.2, 0.25) is 21.8 Å². The molecule has 1 aromatic carbocycles. The van der Waals surface area contributed by atoms with Crippen molar-refractivity contribution in [3.05, 3.63) is 71.2 Å². The Bertz CT molecular complexity index is 1620. The van der Waals surface area contributed by atoms with Gasteiger partial charge in [0.1, 0.15) is 11.9 Å². The van der Waals surface area contributed by atoms with E-state index >= 15 is 0 Å². The number of sulfonamides is 1. The van der Waals surface area contributed by atoms with Crippen molar-refractivity contribution in [2.24, 2.45) is 0 Å². The summed E-state index contributed by atoms with van der Waals surface area (Å²) >= 11 is 0. The van der Waals surface area contributed by atoms with Crippen LogP contribution in [-0.2, 0) is 33.7 Å². The van der Waals surface area contributed by atoms with E-state index in [2.05, 4.69) is 20.3 Å². The zero-order valence-corrected chi connectivity index (χ0v) is 23.2. The molecule has 16 heteroatoms. The fourth-order valence-electron chi connectivity index (χ4n) is 5.13. The van der Waals surface area contributed by atoms with Crippen molar-refractivity contribution in [3.63, 3.8) is 0 Å². The molecule has 5 rings (SSSR count). The predicted octanol–water partition coefficient (Wildman–Crippen LogP) is 5.45. The second kappa shape index (κ2) is 11.1. The van der Waals surface area contributed by atoms with Gasteiger partial charge in [0.15, 0.2) is 0 Å². The highest BCUT2D eigenvalue weighted by Crippen LogP contribution is 2.47. The van der Waals surface area contributed by atoms with Gasteiger partial charge in [-0.2, -0.15) is 30.6 Å². The summed E-state index contributed by atoms with van der Waals surface area (Å²) < 4.78 is 123. The summed E-state index contributed by atoms with van der Waals surface area (Å²) in [5.74, 6) is -3.46. The molecule has 0 spiro atoms. The van der Waals surface area contributed by atoms with Crippen molar-refractivity contribution >= 4 is 15.9 Å².